The lowest BCUT2D eigenvalue weighted by atomic mass is 10.1. The normalized spacial score (nSPS) is 14.3. The Labute approximate surface area is 184 Å². The van der Waals surface area contributed by atoms with Crippen molar-refractivity contribution in [3.63, 3.8) is 0 Å². The van der Waals surface area contributed by atoms with Crippen LogP contribution >= 0.6 is 61.2 Å². The van der Waals surface area contributed by atoms with E-state index >= 15 is 0 Å². The van der Waals surface area contributed by atoms with Gasteiger partial charge < -0.3 is 9.15 Å². The SMILES string of the molecule is Cc1cccc2c1CC(C)O2.Cc1cccc2occc12.I.II. The zero-order valence-corrected chi connectivity index (χ0v) is 20.5. The van der Waals surface area contributed by atoms with E-state index in [-0.39, 0.29) is 24.0 Å². The van der Waals surface area contributed by atoms with Crippen LogP contribution in [0.5, 0.6) is 5.75 Å². The lowest BCUT2D eigenvalue weighted by Gasteiger charge is -2.01. The Morgan fingerprint density at radius 3 is 2.29 bits per heavy atom. The quantitative estimate of drug-likeness (QED) is 0.234. The third-order valence-corrected chi connectivity index (χ3v) is 3.90. The van der Waals surface area contributed by atoms with Gasteiger partial charge in [-0.1, -0.05) is 24.3 Å². The first kappa shape index (κ1) is 22.0. The molecule has 1 aliphatic rings. The highest BCUT2D eigenvalue weighted by molar-refractivity contribution is 15.0. The topological polar surface area (TPSA) is 22.4 Å². The standard InChI is InChI=1S/C10H12O.C9H8O.I2.HI/c1-7-4-3-5-10-9(7)6-8(2)11-10;1-7-3-2-4-9-8(7)5-6-10-9;1-2;/h3-5,8H,6H2,1-2H3;2-6H,1H3;;1H. The van der Waals surface area contributed by atoms with Gasteiger partial charge in [0.1, 0.15) is 17.4 Å². The van der Waals surface area contributed by atoms with E-state index in [1.54, 1.807) is 6.26 Å². The third kappa shape index (κ3) is 5.48. The summed E-state index contributed by atoms with van der Waals surface area (Å²) >= 11 is 4.24. The number of rotatable bonds is 0. The van der Waals surface area contributed by atoms with Crippen LogP contribution in [0.4, 0.5) is 0 Å². The number of halogens is 3. The summed E-state index contributed by atoms with van der Waals surface area (Å²) in [5.41, 5.74) is 4.98. The van der Waals surface area contributed by atoms with E-state index in [2.05, 4.69) is 70.1 Å². The van der Waals surface area contributed by atoms with Crippen LogP contribution in [0.1, 0.15) is 23.6 Å². The van der Waals surface area contributed by atoms with Crippen LogP contribution in [0.2, 0.25) is 0 Å². The van der Waals surface area contributed by atoms with E-state index < -0.39 is 0 Å². The van der Waals surface area contributed by atoms with E-state index in [1.807, 2.05) is 30.3 Å². The van der Waals surface area contributed by atoms with Crippen LogP contribution in [0.15, 0.2) is 53.1 Å². The second-order valence-electron chi connectivity index (χ2n) is 5.59. The van der Waals surface area contributed by atoms with Crippen molar-refractivity contribution in [2.45, 2.75) is 33.3 Å². The van der Waals surface area contributed by atoms with Crippen LogP contribution in [0.3, 0.4) is 0 Å². The number of ether oxygens (including phenoxy) is 1. The van der Waals surface area contributed by atoms with Crippen molar-refractivity contribution in [3.8, 4) is 5.75 Å². The van der Waals surface area contributed by atoms with Crippen LogP contribution in [0, 0.1) is 13.8 Å². The smallest absolute Gasteiger partial charge is 0.134 e. The maximum absolute atomic E-state index is 5.59. The molecule has 2 heterocycles. The van der Waals surface area contributed by atoms with Crippen molar-refractivity contribution in [3.05, 3.63) is 65.4 Å². The molecule has 24 heavy (non-hydrogen) atoms. The van der Waals surface area contributed by atoms with Crippen molar-refractivity contribution in [1.82, 2.24) is 0 Å². The first-order chi connectivity index (χ1) is 11.1. The molecule has 0 saturated carbocycles. The van der Waals surface area contributed by atoms with Gasteiger partial charge in [0.2, 0.25) is 0 Å². The summed E-state index contributed by atoms with van der Waals surface area (Å²) in [6.07, 6.45) is 3.16. The van der Waals surface area contributed by atoms with Gasteiger partial charge in [0.05, 0.1) is 6.26 Å². The van der Waals surface area contributed by atoms with Crippen molar-refractivity contribution < 1.29 is 9.15 Å². The monoisotopic (exact) mass is 662 g/mol. The summed E-state index contributed by atoms with van der Waals surface area (Å²) in [7, 11) is 0. The van der Waals surface area contributed by atoms with Crippen molar-refractivity contribution in [2.24, 2.45) is 0 Å². The lowest BCUT2D eigenvalue weighted by Crippen LogP contribution is -2.05. The molecule has 2 nitrogen and oxygen atoms in total. The van der Waals surface area contributed by atoms with Gasteiger partial charge in [-0.05, 0) is 50.1 Å². The number of hydrogen-bond donors (Lipinski definition) is 0. The Kier molecular flexibility index (Phi) is 9.95. The highest BCUT2D eigenvalue weighted by Gasteiger charge is 2.19. The number of hydrogen-bond acceptors (Lipinski definition) is 2. The van der Waals surface area contributed by atoms with Gasteiger partial charge in [-0.3, -0.25) is 0 Å². The molecule has 1 unspecified atom stereocenters. The van der Waals surface area contributed by atoms with Gasteiger partial charge in [0.15, 0.2) is 0 Å². The third-order valence-electron chi connectivity index (χ3n) is 3.90. The summed E-state index contributed by atoms with van der Waals surface area (Å²) < 4.78 is 10.8. The van der Waals surface area contributed by atoms with E-state index in [0.29, 0.717) is 6.10 Å². The highest BCUT2D eigenvalue weighted by atomic mass is 128. The molecule has 130 valence electrons. The fourth-order valence-electron chi connectivity index (χ4n) is 2.74. The lowest BCUT2D eigenvalue weighted by molar-refractivity contribution is 0.254. The van der Waals surface area contributed by atoms with Crippen LogP contribution < -0.4 is 4.74 Å². The molecule has 0 N–H and O–H groups in total. The molecule has 0 bridgehead atoms. The second-order valence-corrected chi connectivity index (χ2v) is 5.59. The minimum Gasteiger partial charge on any atom is -0.490 e. The van der Waals surface area contributed by atoms with Crippen LogP contribution in [-0.2, 0) is 6.42 Å². The molecule has 0 spiro atoms. The highest BCUT2D eigenvalue weighted by Crippen LogP contribution is 2.30. The minimum atomic E-state index is 0. The van der Waals surface area contributed by atoms with Gasteiger partial charge in [-0.15, -0.1) is 24.0 Å². The summed E-state index contributed by atoms with van der Waals surface area (Å²) in [4.78, 5) is 0. The van der Waals surface area contributed by atoms with Crippen LogP contribution in [-0.4, -0.2) is 6.10 Å². The van der Waals surface area contributed by atoms with Crippen LogP contribution in [0.25, 0.3) is 11.0 Å². The average Bonchev–Trinajstić information content (AvgIpc) is 3.17. The predicted molar refractivity (Wildman–Crippen MR) is 129 cm³/mol. The predicted octanol–water partition coefficient (Wildman–Crippen LogP) is 7.45. The van der Waals surface area contributed by atoms with Gasteiger partial charge in [-0.25, -0.2) is 0 Å². The summed E-state index contributed by atoms with van der Waals surface area (Å²) in [5, 5.41) is 1.21. The number of furan rings is 1. The summed E-state index contributed by atoms with van der Waals surface area (Å²) in [6.45, 7) is 6.33. The van der Waals surface area contributed by atoms with E-state index in [0.717, 1.165) is 17.8 Å². The van der Waals surface area contributed by atoms with Gasteiger partial charge in [0.25, 0.3) is 0 Å². The molecule has 3 aromatic rings. The molecule has 5 heteroatoms. The fraction of sp³-hybridized carbons (Fsp3) is 0.263. The molecule has 2 aromatic carbocycles. The van der Waals surface area contributed by atoms with Crippen molar-refractivity contribution in [1.29, 1.82) is 0 Å². The molecule has 0 saturated heterocycles. The maximum atomic E-state index is 5.59. The number of fused-ring (bicyclic) bond motifs is 2. The Balaban J connectivity index is 0.000000211. The molecule has 0 fully saturated rings. The van der Waals surface area contributed by atoms with Gasteiger partial charge in [0, 0.05) is 54.6 Å². The minimum absolute atomic E-state index is 0. The first-order valence-corrected chi connectivity index (χ1v) is 13.8. The Bertz CT molecular complexity index is 768. The first-order valence-electron chi connectivity index (χ1n) is 7.47. The molecule has 0 amide bonds. The van der Waals surface area contributed by atoms with Crippen molar-refractivity contribution in [2.75, 3.05) is 0 Å². The number of aryl methyl sites for hydroxylation is 2. The largest absolute Gasteiger partial charge is 0.490 e. The van der Waals surface area contributed by atoms with E-state index in [4.69, 9.17) is 9.15 Å². The summed E-state index contributed by atoms with van der Waals surface area (Å²) in [5.74, 6) is 1.08. The molecule has 4 rings (SSSR count). The molecule has 1 aliphatic heterocycles. The number of benzene rings is 2. The molecule has 0 aliphatic carbocycles. The Hall–Kier alpha value is -0.0300. The Morgan fingerprint density at radius 1 is 0.958 bits per heavy atom. The van der Waals surface area contributed by atoms with Gasteiger partial charge in [-0.2, -0.15) is 0 Å². The summed E-state index contributed by atoms with van der Waals surface area (Å²) in [6, 6.07) is 14.3. The van der Waals surface area contributed by atoms with Gasteiger partial charge >= 0.3 is 0 Å². The zero-order chi connectivity index (χ0) is 16.8. The Morgan fingerprint density at radius 2 is 1.62 bits per heavy atom. The van der Waals surface area contributed by atoms with Crippen molar-refractivity contribution >= 4 is 72.2 Å². The second kappa shape index (κ2) is 10.8. The average molecular weight is 662 g/mol. The molecule has 1 atom stereocenters. The fourth-order valence-corrected chi connectivity index (χ4v) is 2.74. The molecular formula is C19H21I3O2. The molecule has 0 radical (unpaired) electrons. The molecular weight excluding hydrogens is 641 g/mol. The maximum Gasteiger partial charge on any atom is 0.134 e. The van der Waals surface area contributed by atoms with E-state index in [9.17, 15) is 0 Å². The van der Waals surface area contributed by atoms with E-state index in [1.165, 1.54) is 22.1 Å². The molecule has 1 aromatic heterocycles. The zero-order valence-electron chi connectivity index (χ0n) is 13.9.